The molecule has 0 radical (unpaired) electrons. The molecule has 0 unspecified atom stereocenters. The third kappa shape index (κ3) is 2.74. The standard InChI is InChI=1S/C13H18BNO4/c1-12(2)13(3,4)19-14(18-12)9-5-7-10(8-6-9)15-11(16)17/h5-8,15H,1-4H3,(H,16,17). The Hall–Kier alpha value is -1.53. The van der Waals surface area contributed by atoms with E-state index in [4.69, 9.17) is 14.4 Å². The molecule has 1 aliphatic rings. The van der Waals surface area contributed by atoms with Gasteiger partial charge in [0.25, 0.3) is 0 Å². The molecule has 19 heavy (non-hydrogen) atoms. The van der Waals surface area contributed by atoms with E-state index in [1.165, 1.54) is 0 Å². The molecule has 5 nitrogen and oxygen atoms in total. The number of hydrogen-bond acceptors (Lipinski definition) is 3. The van der Waals surface area contributed by atoms with Crippen molar-refractivity contribution in [3.05, 3.63) is 24.3 Å². The molecule has 1 aliphatic heterocycles. The van der Waals surface area contributed by atoms with Crippen LogP contribution in [0.25, 0.3) is 0 Å². The first-order valence-corrected chi connectivity index (χ1v) is 6.17. The lowest BCUT2D eigenvalue weighted by Crippen LogP contribution is -2.41. The number of benzene rings is 1. The highest BCUT2D eigenvalue weighted by atomic mass is 16.7. The Morgan fingerprint density at radius 3 is 2.00 bits per heavy atom. The first-order valence-electron chi connectivity index (χ1n) is 6.17. The zero-order chi connectivity index (χ0) is 14.3. The zero-order valence-electron chi connectivity index (χ0n) is 11.6. The average Bonchev–Trinajstić information content (AvgIpc) is 2.48. The van der Waals surface area contributed by atoms with Gasteiger partial charge in [-0.3, -0.25) is 5.32 Å². The largest absolute Gasteiger partial charge is 0.494 e. The molecule has 0 spiro atoms. The maximum atomic E-state index is 10.5. The number of amides is 1. The molecular formula is C13H18BNO4. The van der Waals surface area contributed by atoms with Crippen molar-refractivity contribution in [2.75, 3.05) is 5.32 Å². The summed E-state index contributed by atoms with van der Waals surface area (Å²) in [5.74, 6) is 0. The van der Waals surface area contributed by atoms with Gasteiger partial charge in [0.05, 0.1) is 11.2 Å². The Bertz CT molecular complexity index is 468. The molecule has 102 valence electrons. The monoisotopic (exact) mass is 263 g/mol. The Labute approximate surface area is 113 Å². The smallest absolute Gasteiger partial charge is 0.465 e. The van der Waals surface area contributed by atoms with Gasteiger partial charge in [0.15, 0.2) is 0 Å². The van der Waals surface area contributed by atoms with E-state index < -0.39 is 13.2 Å². The van der Waals surface area contributed by atoms with Gasteiger partial charge in [-0.2, -0.15) is 0 Å². The Kier molecular flexibility index (Phi) is 3.32. The third-order valence-corrected chi connectivity index (χ3v) is 3.69. The van der Waals surface area contributed by atoms with Crippen LogP contribution >= 0.6 is 0 Å². The van der Waals surface area contributed by atoms with Gasteiger partial charge in [0, 0.05) is 5.69 Å². The van der Waals surface area contributed by atoms with Gasteiger partial charge in [-0.25, -0.2) is 4.79 Å². The van der Waals surface area contributed by atoms with Crippen LogP contribution in [0.4, 0.5) is 10.5 Å². The molecule has 0 atom stereocenters. The number of hydrogen-bond donors (Lipinski definition) is 2. The predicted molar refractivity (Wildman–Crippen MR) is 73.8 cm³/mol. The van der Waals surface area contributed by atoms with E-state index in [2.05, 4.69) is 5.32 Å². The van der Waals surface area contributed by atoms with Crippen molar-refractivity contribution in [1.82, 2.24) is 0 Å². The summed E-state index contributed by atoms with van der Waals surface area (Å²) >= 11 is 0. The summed E-state index contributed by atoms with van der Waals surface area (Å²) in [5.41, 5.74) is 0.632. The number of anilines is 1. The van der Waals surface area contributed by atoms with Crippen LogP contribution in [0.5, 0.6) is 0 Å². The molecule has 0 bridgehead atoms. The normalized spacial score (nSPS) is 20.3. The summed E-state index contributed by atoms with van der Waals surface area (Å²) in [4.78, 5) is 10.5. The predicted octanol–water partition coefficient (Wildman–Crippen LogP) is 2.08. The molecule has 1 amide bonds. The average molecular weight is 263 g/mol. The van der Waals surface area contributed by atoms with Gasteiger partial charge >= 0.3 is 13.2 Å². The van der Waals surface area contributed by atoms with Crippen LogP contribution in [0.15, 0.2) is 24.3 Å². The van der Waals surface area contributed by atoms with Crippen molar-refractivity contribution < 1.29 is 19.2 Å². The van der Waals surface area contributed by atoms with Gasteiger partial charge < -0.3 is 14.4 Å². The maximum absolute atomic E-state index is 10.5. The van der Waals surface area contributed by atoms with Crippen molar-refractivity contribution >= 4 is 24.4 Å². The molecule has 0 saturated carbocycles. The minimum atomic E-state index is -1.08. The highest BCUT2D eigenvalue weighted by Crippen LogP contribution is 2.36. The van der Waals surface area contributed by atoms with Crippen LogP contribution in [-0.4, -0.2) is 29.5 Å². The minimum Gasteiger partial charge on any atom is -0.465 e. The molecule has 2 N–H and O–H groups in total. The van der Waals surface area contributed by atoms with Crippen LogP contribution in [0.3, 0.4) is 0 Å². The fourth-order valence-corrected chi connectivity index (χ4v) is 1.83. The van der Waals surface area contributed by atoms with Crippen LogP contribution in [0.2, 0.25) is 0 Å². The van der Waals surface area contributed by atoms with Crippen LogP contribution in [0.1, 0.15) is 27.7 Å². The van der Waals surface area contributed by atoms with E-state index >= 15 is 0 Å². The number of carboxylic acid groups (broad SMARTS) is 1. The van der Waals surface area contributed by atoms with E-state index in [-0.39, 0.29) is 11.2 Å². The second kappa shape index (κ2) is 4.54. The van der Waals surface area contributed by atoms with Crippen LogP contribution < -0.4 is 10.8 Å². The van der Waals surface area contributed by atoms with E-state index in [1.54, 1.807) is 24.3 Å². The first kappa shape index (κ1) is 13.9. The second-order valence-corrected chi connectivity index (χ2v) is 5.64. The van der Waals surface area contributed by atoms with Gasteiger partial charge in [-0.05, 0) is 45.3 Å². The number of rotatable bonds is 2. The van der Waals surface area contributed by atoms with E-state index in [0.29, 0.717) is 5.69 Å². The topological polar surface area (TPSA) is 67.8 Å². The minimum absolute atomic E-state index is 0.379. The summed E-state index contributed by atoms with van der Waals surface area (Å²) in [6.07, 6.45) is -1.08. The van der Waals surface area contributed by atoms with Crippen molar-refractivity contribution in [1.29, 1.82) is 0 Å². The fourth-order valence-electron chi connectivity index (χ4n) is 1.83. The van der Waals surface area contributed by atoms with E-state index in [9.17, 15) is 4.79 Å². The molecule has 1 aromatic carbocycles. The highest BCUT2D eigenvalue weighted by Gasteiger charge is 2.51. The summed E-state index contributed by atoms with van der Waals surface area (Å²) in [6, 6.07) is 6.98. The molecule has 1 heterocycles. The van der Waals surface area contributed by atoms with E-state index in [0.717, 1.165) is 5.46 Å². The van der Waals surface area contributed by atoms with Crippen molar-refractivity contribution in [2.45, 2.75) is 38.9 Å². The Balaban J connectivity index is 2.14. The molecule has 0 aliphatic carbocycles. The van der Waals surface area contributed by atoms with Gasteiger partial charge in [0.1, 0.15) is 0 Å². The van der Waals surface area contributed by atoms with Gasteiger partial charge in [-0.15, -0.1) is 0 Å². The maximum Gasteiger partial charge on any atom is 0.494 e. The number of carbonyl (C=O) groups is 1. The second-order valence-electron chi connectivity index (χ2n) is 5.64. The fraction of sp³-hybridized carbons (Fsp3) is 0.462. The van der Waals surface area contributed by atoms with Gasteiger partial charge in [-0.1, -0.05) is 12.1 Å². The summed E-state index contributed by atoms with van der Waals surface area (Å²) in [5, 5.41) is 10.9. The van der Waals surface area contributed by atoms with Crippen molar-refractivity contribution in [3.63, 3.8) is 0 Å². The lowest BCUT2D eigenvalue weighted by atomic mass is 9.79. The molecule has 1 fully saturated rings. The van der Waals surface area contributed by atoms with Crippen molar-refractivity contribution in [3.8, 4) is 0 Å². The van der Waals surface area contributed by atoms with Crippen LogP contribution in [-0.2, 0) is 9.31 Å². The Morgan fingerprint density at radius 1 is 1.11 bits per heavy atom. The third-order valence-electron chi connectivity index (χ3n) is 3.69. The van der Waals surface area contributed by atoms with Gasteiger partial charge in [0.2, 0.25) is 0 Å². The summed E-state index contributed by atoms with van der Waals surface area (Å²) < 4.78 is 11.8. The lowest BCUT2D eigenvalue weighted by Gasteiger charge is -2.32. The summed E-state index contributed by atoms with van der Waals surface area (Å²) in [7, 11) is -0.427. The first-order chi connectivity index (χ1) is 8.71. The molecule has 2 rings (SSSR count). The quantitative estimate of drug-likeness (QED) is 0.801. The SMILES string of the molecule is CC1(C)OB(c2ccc(NC(=O)O)cc2)OC1(C)C. The molecule has 6 heteroatoms. The van der Waals surface area contributed by atoms with Crippen LogP contribution in [0, 0.1) is 0 Å². The van der Waals surface area contributed by atoms with Crippen molar-refractivity contribution in [2.24, 2.45) is 0 Å². The molecule has 0 aromatic heterocycles. The summed E-state index contributed by atoms with van der Waals surface area (Å²) in [6.45, 7) is 7.97. The molecule has 1 aromatic rings. The van der Waals surface area contributed by atoms with E-state index in [1.807, 2.05) is 27.7 Å². The molecule has 1 saturated heterocycles. The number of nitrogens with one attached hydrogen (secondary N) is 1. The zero-order valence-corrected chi connectivity index (χ0v) is 11.6. The lowest BCUT2D eigenvalue weighted by molar-refractivity contribution is 0.00578. The highest BCUT2D eigenvalue weighted by molar-refractivity contribution is 6.62. The Morgan fingerprint density at radius 2 is 1.58 bits per heavy atom. The molecular weight excluding hydrogens is 245 g/mol.